The standard InChI is InChI=1S/C13H17FN2O2/c1-9(12(17)15-2)8-16(3)13(18)10-4-6-11(14)7-5-10/h4-7,9H,8H2,1-3H3,(H,15,17). The Morgan fingerprint density at radius 1 is 1.33 bits per heavy atom. The van der Waals surface area contributed by atoms with Crippen LogP contribution in [-0.4, -0.2) is 37.4 Å². The zero-order valence-corrected chi connectivity index (χ0v) is 10.7. The molecule has 1 atom stereocenters. The Morgan fingerprint density at radius 2 is 1.89 bits per heavy atom. The Bertz CT molecular complexity index is 431. The highest BCUT2D eigenvalue weighted by Gasteiger charge is 2.18. The van der Waals surface area contributed by atoms with Crippen LogP contribution in [0.15, 0.2) is 24.3 Å². The second kappa shape index (κ2) is 6.14. The first-order valence-electron chi connectivity index (χ1n) is 5.68. The average Bonchev–Trinajstić information content (AvgIpc) is 2.37. The molecule has 0 saturated carbocycles. The van der Waals surface area contributed by atoms with E-state index in [4.69, 9.17) is 0 Å². The number of nitrogens with one attached hydrogen (secondary N) is 1. The van der Waals surface area contributed by atoms with E-state index < -0.39 is 0 Å². The molecule has 18 heavy (non-hydrogen) atoms. The molecule has 1 N–H and O–H groups in total. The van der Waals surface area contributed by atoms with Crippen molar-refractivity contribution < 1.29 is 14.0 Å². The van der Waals surface area contributed by atoms with Crippen molar-refractivity contribution in [2.24, 2.45) is 5.92 Å². The number of amides is 2. The molecule has 0 radical (unpaired) electrons. The van der Waals surface area contributed by atoms with Crippen LogP contribution in [-0.2, 0) is 4.79 Å². The molecule has 1 rings (SSSR count). The van der Waals surface area contributed by atoms with Crippen LogP contribution in [0.25, 0.3) is 0 Å². The summed E-state index contributed by atoms with van der Waals surface area (Å²) in [4.78, 5) is 24.8. The second-order valence-corrected chi connectivity index (χ2v) is 4.21. The number of carbonyl (C=O) groups is 2. The summed E-state index contributed by atoms with van der Waals surface area (Å²) in [5, 5.41) is 2.53. The number of nitrogens with zero attached hydrogens (tertiary/aromatic N) is 1. The molecule has 4 nitrogen and oxygen atoms in total. The number of benzene rings is 1. The molecule has 5 heteroatoms. The zero-order valence-electron chi connectivity index (χ0n) is 10.7. The Hall–Kier alpha value is -1.91. The van der Waals surface area contributed by atoms with Crippen molar-refractivity contribution in [2.75, 3.05) is 20.6 Å². The molecular weight excluding hydrogens is 235 g/mol. The van der Waals surface area contributed by atoms with E-state index in [9.17, 15) is 14.0 Å². The quantitative estimate of drug-likeness (QED) is 0.877. The molecule has 0 heterocycles. The van der Waals surface area contributed by atoms with Crippen LogP contribution in [0.4, 0.5) is 4.39 Å². The first kappa shape index (κ1) is 14.2. The minimum atomic E-state index is -0.382. The summed E-state index contributed by atoms with van der Waals surface area (Å²) < 4.78 is 12.7. The Labute approximate surface area is 106 Å². The number of carbonyl (C=O) groups excluding carboxylic acids is 2. The summed E-state index contributed by atoms with van der Waals surface area (Å²) in [7, 11) is 3.17. The van der Waals surface area contributed by atoms with Gasteiger partial charge in [0.25, 0.3) is 5.91 Å². The Morgan fingerprint density at radius 3 is 2.39 bits per heavy atom. The first-order chi connectivity index (χ1) is 8.45. The van der Waals surface area contributed by atoms with Gasteiger partial charge in [-0.3, -0.25) is 9.59 Å². The van der Waals surface area contributed by atoms with Gasteiger partial charge in [0.05, 0.1) is 5.92 Å². The predicted molar refractivity (Wildman–Crippen MR) is 66.6 cm³/mol. The third kappa shape index (κ3) is 3.55. The van der Waals surface area contributed by atoms with Gasteiger partial charge in [-0.15, -0.1) is 0 Å². The molecule has 1 unspecified atom stereocenters. The van der Waals surface area contributed by atoms with Gasteiger partial charge in [-0.1, -0.05) is 6.92 Å². The molecule has 0 saturated heterocycles. The molecule has 0 aliphatic carbocycles. The Balaban J connectivity index is 2.67. The monoisotopic (exact) mass is 252 g/mol. The summed E-state index contributed by atoms with van der Waals surface area (Å²) in [6, 6.07) is 5.34. The van der Waals surface area contributed by atoms with Crippen LogP contribution < -0.4 is 5.32 Å². The number of halogens is 1. The van der Waals surface area contributed by atoms with Gasteiger partial charge in [0.15, 0.2) is 0 Å². The lowest BCUT2D eigenvalue weighted by molar-refractivity contribution is -0.124. The lowest BCUT2D eigenvalue weighted by Crippen LogP contribution is -2.37. The van der Waals surface area contributed by atoms with Crippen LogP contribution in [0.3, 0.4) is 0 Å². The maximum absolute atomic E-state index is 12.7. The molecule has 0 aliphatic heterocycles. The van der Waals surface area contributed by atoms with E-state index in [1.54, 1.807) is 21.0 Å². The van der Waals surface area contributed by atoms with Gasteiger partial charge in [-0.25, -0.2) is 4.39 Å². The van der Waals surface area contributed by atoms with Crippen LogP contribution >= 0.6 is 0 Å². The van der Waals surface area contributed by atoms with Crippen LogP contribution in [0.2, 0.25) is 0 Å². The molecule has 1 aromatic rings. The topological polar surface area (TPSA) is 49.4 Å². The van der Waals surface area contributed by atoms with E-state index in [0.29, 0.717) is 12.1 Å². The normalized spacial score (nSPS) is 11.8. The summed E-state index contributed by atoms with van der Waals surface area (Å²) in [5.74, 6) is -1.02. The zero-order chi connectivity index (χ0) is 13.7. The highest BCUT2D eigenvalue weighted by atomic mass is 19.1. The molecule has 0 bridgehead atoms. The number of hydrogen-bond acceptors (Lipinski definition) is 2. The molecular formula is C13H17FN2O2. The van der Waals surface area contributed by atoms with E-state index in [2.05, 4.69) is 5.32 Å². The molecule has 0 aromatic heterocycles. The maximum Gasteiger partial charge on any atom is 0.253 e. The number of hydrogen-bond donors (Lipinski definition) is 1. The second-order valence-electron chi connectivity index (χ2n) is 4.21. The largest absolute Gasteiger partial charge is 0.359 e. The van der Waals surface area contributed by atoms with E-state index in [1.165, 1.54) is 29.2 Å². The fourth-order valence-electron chi connectivity index (χ4n) is 1.64. The predicted octanol–water partition coefficient (Wildman–Crippen LogP) is 1.28. The van der Waals surface area contributed by atoms with E-state index in [0.717, 1.165) is 0 Å². The third-order valence-corrected chi connectivity index (χ3v) is 2.68. The van der Waals surface area contributed by atoms with Crippen molar-refractivity contribution in [3.63, 3.8) is 0 Å². The number of rotatable bonds is 4. The SMILES string of the molecule is CNC(=O)C(C)CN(C)C(=O)c1ccc(F)cc1. The van der Waals surface area contributed by atoms with E-state index in [1.807, 2.05) is 0 Å². The van der Waals surface area contributed by atoms with Gasteiger partial charge >= 0.3 is 0 Å². The molecule has 0 aliphatic rings. The van der Waals surface area contributed by atoms with Crippen LogP contribution in [0.5, 0.6) is 0 Å². The van der Waals surface area contributed by atoms with Gasteiger partial charge < -0.3 is 10.2 Å². The Kier molecular flexibility index (Phi) is 4.83. The summed E-state index contributed by atoms with van der Waals surface area (Å²) in [6.45, 7) is 2.06. The van der Waals surface area contributed by atoms with Crippen molar-refractivity contribution in [3.8, 4) is 0 Å². The van der Waals surface area contributed by atoms with Gasteiger partial charge in [-0.2, -0.15) is 0 Å². The van der Waals surface area contributed by atoms with Crippen LogP contribution in [0.1, 0.15) is 17.3 Å². The lowest BCUT2D eigenvalue weighted by atomic mass is 10.1. The molecule has 98 valence electrons. The maximum atomic E-state index is 12.7. The molecule has 2 amide bonds. The fourth-order valence-corrected chi connectivity index (χ4v) is 1.64. The minimum absolute atomic E-state index is 0.117. The van der Waals surface area contributed by atoms with Crippen molar-refractivity contribution in [2.45, 2.75) is 6.92 Å². The fraction of sp³-hybridized carbons (Fsp3) is 0.385. The van der Waals surface area contributed by atoms with E-state index >= 15 is 0 Å². The highest BCUT2D eigenvalue weighted by Crippen LogP contribution is 2.07. The van der Waals surface area contributed by atoms with Crippen molar-refractivity contribution in [1.29, 1.82) is 0 Å². The van der Waals surface area contributed by atoms with Gasteiger partial charge in [-0.05, 0) is 24.3 Å². The average molecular weight is 252 g/mol. The van der Waals surface area contributed by atoms with E-state index in [-0.39, 0.29) is 23.5 Å². The van der Waals surface area contributed by atoms with Crippen molar-refractivity contribution in [1.82, 2.24) is 10.2 Å². The summed E-state index contributed by atoms with van der Waals surface area (Å²) in [6.07, 6.45) is 0. The van der Waals surface area contributed by atoms with Gasteiger partial charge in [0.1, 0.15) is 5.82 Å². The first-order valence-corrected chi connectivity index (χ1v) is 5.68. The summed E-state index contributed by atoms with van der Waals surface area (Å²) >= 11 is 0. The lowest BCUT2D eigenvalue weighted by Gasteiger charge is -2.20. The molecule has 0 spiro atoms. The highest BCUT2D eigenvalue weighted by molar-refractivity contribution is 5.94. The van der Waals surface area contributed by atoms with Crippen molar-refractivity contribution in [3.05, 3.63) is 35.6 Å². The molecule has 0 fully saturated rings. The third-order valence-electron chi connectivity index (χ3n) is 2.68. The van der Waals surface area contributed by atoms with Crippen LogP contribution in [0, 0.1) is 11.7 Å². The summed E-state index contributed by atoms with van der Waals surface area (Å²) in [5.41, 5.74) is 0.406. The van der Waals surface area contributed by atoms with Gasteiger partial charge in [0.2, 0.25) is 5.91 Å². The smallest absolute Gasteiger partial charge is 0.253 e. The van der Waals surface area contributed by atoms with Gasteiger partial charge in [0, 0.05) is 26.2 Å². The van der Waals surface area contributed by atoms with Crippen molar-refractivity contribution >= 4 is 11.8 Å². The molecule has 1 aromatic carbocycles. The minimum Gasteiger partial charge on any atom is -0.359 e.